The first kappa shape index (κ1) is 33.5. The standard InChI is InChI=1S/C31H58O4S/c1-5-6-7-8-9-10-13-16-24-35-30(34)20-15-12-11-14-19-27-28(33)21-22-29(27)36-25-26(32)18-17-23-31(2,3)4/h26-27,29,32H,5-25H2,1-4H3. The minimum Gasteiger partial charge on any atom is -0.466 e. The number of hydrogen-bond acceptors (Lipinski definition) is 5. The van der Waals surface area contributed by atoms with Crippen LogP contribution in [0.4, 0.5) is 0 Å². The van der Waals surface area contributed by atoms with Crippen LogP contribution < -0.4 is 0 Å². The van der Waals surface area contributed by atoms with Crippen molar-refractivity contribution in [3.8, 4) is 0 Å². The molecule has 1 aliphatic rings. The molecule has 36 heavy (non-hydrogen) atoms. The van der Waals surface area contributed by atoms with Gasteiger partial charge in [-0.2, -0.15) is 11.8 Å². The number of ether oxygens (including phenoxy) is 1. The van der Waals surface area contributed by atoms with Crippen LogP contribution in [0.3, 0.4) is 0 Å². The fraction of sp³-hybridized carbons (Fsp3) is 0.935. The van der Waals surface area contributed by atoms with E-state index < -0.39 is 0 Å². The molecular formula is C31H58O4S. The van der Waals surface area contributed by atoms with Gasteiger partial charge in [0.05, 0.1) is 12.7 Å². The molecule has 0 saturated heterocycles. The van der Waals surface area contributed by atoms with Crippen LogP contribution in [0, 0.1) is 11.3 Å². The zero-order valence-corrected chi connectivity index (χ0v) is 25.0. The van der Waals surface area contributed by atoms with Gasteiger partial charge >= 0.3 is 5.97 Å². The van der Waals surface area contributed by atoms with E-state index in [-0.39, 0.29) is 18.0 Å². The Morgan fingerprint density at radius 1 is 0.972 bits per heavy atom. The van der Waals surface area contributed by atoms with Crippen LogP contribution in [0.5, 0.6) is 0 Å². The highest BCUT2D eigenvalue weighted by Gasteiger charge is 2.34. The number of unbranched alkanes of at least 4 members (excludes halogenated alkanes) is 10. The van der Waals surface area contributed by atoms with E-state index in [2.05, 4.69) is 27.7 Å². The number of carbonyl (C=O) groups is 2. The zero-order valence-electron chi connectivity index (χ0n) is 24.2. The molecule has 1 saturated carbocycles. The lowest BCUT2D eigenvalue weighted by molar-refractivity contribution is -0.143. The minimum absolute atomic E-state index is 0.0542. The minimum atomic E-state index is -0.260. The molecule has 4 nitrogen and oxygen atoms in total. The summed E-state index contributed by atoms with van der Waals surface area (Å²) in [5, 5.41) is 10.7. The van der Waals surface area contributed by atoms with E-state index in [1.54, 1.807) is 0 Å². The van der Waals surface area contributed by atoms with Gasteiger partial charge in [-0.3, -0.25) is 9.59 Å². The first-order valence-electron chi connectivity index (χ1n) is 15.2. The number of rotatable bonds is 22. The van der Waals surface area contributed by atoms with Gasteiger partial charge in [0.1, 0.15) is 5.78 Å². The molecule has 0 heterocycles. The van der Waals surface area contributed by atoms with E-state index in [1.807, 2.05) is 11.8 Å². The number of carbonyl (C=O) groups excluding carboxylic acids is 2. The number of aliphatic hydroxyl groups is 1. The summed E-state index contributed by atoms with van der Waals surface area (Å²) < 4.78 is 5.38. The van der Waals surface area contributed by atoms with Crippen molar-refractivity contribution in [3.63, 3.8) is 0 Å². The van der Waals surface area contributed by atoms with E-state index in [1.165, 1.54) is 38.5 Å². The second-order valence-corrected chi connectivity index (χ2v) is 13.5. The molecule has 1 N–H and O–H groups in total. The normalized spacial score (nSPS) is 19.1. The maximum Gasteiger partial charge on any atom is 0.305 e. The largest absolute Gasteiger partial charge is 0.466 e. The second-order valence-electron chi connectivity index (χ2n) is 12.2. The Morgan fingerprint density at radius 2 is 1.61 bits per heavy atom. The molecular weight excluding hydrogens is 468 g/mol. The summed E-state index contributed by atoms with van der Waals surface area (Å²) in [6.45, 7) is 9.54. The van der Waals surface area contributed by atoms with Crippen molar-refractivity contribution in [2.24, 2.45) is 11.3 Å². The molecule has 0 aliphatic heterocycles. The summed E-state index contributed by atoms with van der Waals surface area (Å²) in [6.07, 6.45) is 20.0. The fourth-order valence-electron chi connectivity index (χ4n) is 5.09. The molecule has 0 spiro atoms. The molecule has 1 rings (SSSR count). The fourth-order valence-corrected chi connectivity index (χ4v) is 6.53. The smallest absolute Gasteiger partial charge is 0.305 e. The molecule has 0 bridgehead atoms. The van der Waals surface area contributed by atoms with E-state index in [0.717, 1.165) is 76.4 Å². The van der Waals surface area contributed by atoms with Gasteiger partial charge < -0.3 is 9.84 Å². The van der Waals surface area contributed by atoms with Gasteiger partial charge in [-0.25, -0.2) is 0 Å². The molecule has 5 heteroatoms. The zero-order chi connectivity index (χ0) is 26.7. The van der Waals surface area contributed by atoms with Crippen LogP contribution in [-0.4, -0.2) is 40.6 Å². The molecule has 212 valence electrons. The number of esters is 1. The van der Waals surface area contributed by atoms with Gasteiger partial charge in [0.25, 0.3) is 0 Å². The molecule has 1 aliphatic carbocycles. The third kappa shape index (κ3) is 17.8. The van der Waals surface area contributed by atoms with Gasteiger partial charge in [0, 0.05) is 29.8 Å². The van der Waals surface area contributed by atoms with E-state index in [4.69, 9.17) is 4.74 Å². The van der Waals surface area contributed by atoms with Crippen molar-refractivity contribution >= 4 is 23.5 Å². The maximum absolute atomic E-state index is 12.4. The summed E-state index contributed by atoms with van der Waals surface area (Å²) in [6, 6.07) is 0. The summed E-state index contributed by atoms with van der Waals surface area (Å²) in [4.78, 5) is 24.3. The summed E-state index contributed by atoms with van der Waals surface area (Å²) in [7, 11) is 0. The molecule has 0 aromatic rings. The van der Waals surface area contributed by atoms with Crippen molar-refractivity contribution in [2.75, 3.05) is 12.4 Å². The Balaban J connectivity index is 2.03. The lowest BCUT2D eigenvalue weighted by Crippen LogP contribution is -2.20. The predicted octanol–water partition coefficient (Wildman–Crippen LogP) is 8.67. The summed E-state index contributed by atoms with van der Waals surface area (Å²) in [5.41, 5.74) is 0.323. The monoisotopic (exact) mass is 526 g/mol. The van der Waals surface area contributed by atoms with Crippen LogP contribution in [0.2, 0.25) is 0 Å². The number of ketones is 1. The van der Waals surface area contributed by atoms with Crippen molar-refractivity contribution in [2.45, 2.75) is 161 Å². The van der Waals surface area contributed by atoms with Gasteiger partial charge in [-0.15, -0.1) is 0 Å². The van der Waals surface area contributed by atoms with Gasteiger partial charge in [0.15, 0.2) is 0 Å². The number of hydrogen-bond donors (Lipinski definition) is 1. The Bertz CT molecular complexity index is 571. The third-order valence-corrected chi connectivity index (χ3v) is 8.98. The van der Waals surface area contributed by atoms with Crippen molar-refractivity contribution in [1.29, 1.82) is 0 Å². The molecule has 0 radical (unpaired) electrons. The average molecular weight is 527 g/mol. The van der Waals surface area contributed by atoms with E-state index in [0.29, 0.717) is 35.9 Å². The summed E-state index contributed by atoms with van der Waals surface area (Å²) in [5.74, 6) is 1.27. The lowest BCUT2D eigenvalue weighted by atomic mass is 9.89. The van der Waals surface area contributed by atoms with Crippen molar-refractivity contribution in [1.82, 2.24) is 0 Å². The lowest BCUT2D eigenvalue weighted by Gasteiger charge is -2.21. The van der Waals surface area contributed by atoms with Gasteiger partial charge in [-0.1, -0.05) is 98.3 Å². The summed E-state index contributed by atoms with van der Waals surface area (Å²) >= 11 is 1.82. The highest BCUT2D eigenvalue weighted by Crippen LogP contribution is 2.36. The van der Waals surface area contributed by atoms with E-state index >= 15 is 0 Å². The first-order chi connectivity index (χ1) is 17.2. The topological polar surface area (TPSA) is 63.6 Å². The third-order valence-electron chi connectivity index (χ3n) is 7.41. The Morgan fingerprint density at radius 3 is 2.31 bits per heavy atom. The maximum atomic E-state index is 12.4. The van der Waals surface area contributed by atoms with Crippen molar-refractivity contribution in [3.05, 3.63) is 0 Å². The Labute approximate surface area is 227 Å². The molecule has 1 fully saturated rings. The molecule has 0 aromatic heterocycles. The van der Waals surface area contributed by atoms with Crippen LogP contribution >= 0.6 is 11.8 Å². The Hall–Kier alpha value is -0.550. The van der Waals surface area contributed by atoms with Crippen LogP contribution in [-0.2, 0) is 14.3 Å². The molecule has 0 aromatic carbocycles. The first-order valence-corrected chi connectivity index (χ1v) is 16.3. The van der Waals surface area contributed by atoms with E-state index in [9.17, 15) is 14.7 Å². The second kappa shape index (κ2) is 20.4. The highest BCUT2D eigenvalue weighted by molar-refractivity contribution is 8.00. The predicted molar refractivity (Wildman–Crippen MR) is 155 cm³/mol. The van der Waals surface area contributed by atoms with Crippen LogP contribution in [0.25, 0.3) is 0 Å². The number of Topliss-reactive ketones (excluding diaryl/α,β-unsaturated/α-hetero) is 1. The highest BCUT2D eigenvalue weighted by atomic mass is 32.2. The van der Waals surface area contributed by atoms with Gasteiger partial charge in [-0.05, 0) is 43.9 Å². The van der Waals surface area contributed by atoms with Gasteiger partial charge in [0.2, 0.25) is 0 Å². The van der Waals surface area contributed by atoms with Crippen molar-refractivity contribution < 1.29 is 19.4 Å². The van der Waals surface area contributed by atoms with Crippen LogP contribution in [0.1, 0.15) is 150 Å². The molecule has 0 amide bonds. The number of thioether (sulfide) groups is 1. The number of aliphatic hydroxyl groups excluding tert-OH is 1. The molecule has 3 atom stereocenters. The molecule has 3 unspecified atom stereocenters. The SMILES string of the molecule is CCCCCCCCCCOC(=O)CCCCCCC1C(=O)CCC1SCC(O)CCCC(C)(C)C. The Kier molecular flexibility index (Phi) is 19.0. The average Bonchev–Trinajstić information content (AvgIpc) is 3.17. The quantitative estimate of drug-likeness (QED) is 0.113. The van der Waals surface area contributed by atoms with Crippen LogP contribution in [0.15, 0.2) is 0 Å².